The maximum absolute atomic E-state index is 5.12. The van der Waals surface area contributed by atoms with Crippen molar-refractivity contribution in [2.75, 3.05) is 6.54 Å². The van der Waals surface area contributed by atoms with E-state index in [2.05, 4.69) is 29.7 Å². The van der Waals surface area contributed by atoms with E-state index in [1.807, 2.05) is 6.92 Å². The van der Waals surface area contributed by atoms with E-state index in [1.54, 1.807) is 0 Å². The van der Waals surface area contributed by atoms with Gasteiger partial charge in [0.2, 0.25) is 0 Å². The van der Waals surface area contributed by atoms with Crippen molar-refractivity contribution in [2.45, 2.75) is 59.3 Å². The Bertz CT molecular complexity index is 345. The first kappa shape index (κ1) is 15.2. The van der Waals surface area contributed by atoms with E-state index in [-0.39, 0.29) is 0 Å². The van der Waals surface area contributed by atoms with Gasteiger partial charge in [-0.3, -0.25) is 5.43 Å². The lowest BCUT2D eigenvalue weighted by Crippen LogP contribution is -2.32. The van der Waals surface area contributed by atoms with Gasteiger partial charge < -0.3 is 5.32 Å². The summed E-state index contributed by atoms with van der Waals surface area (Å²) in [5.41, 5.74) is 7.09. The lowest BCUT2D eigenvalue weighted by atomic mass is 10.0. The number of unbranched alkanes of at least 4 members (excludes halogenated alkanes) is 2. The molecule has 0 saturated carbocycles. The second-order valence-electron chi connectivity index (χ2n) is 4.75. The molecular weight excluding hydrogens is 242 g/mol. The zero-order valence-electron chi connectivity index (χ0n) is 11.8. The van der Waals surface area contributed by atoms with Gasteiger partial charge in [0, 0.05) is 6.54 Å². The molecule has 0 aliphatic heterocycles. The Balaban J connectivity index is 2.54. The van der Waals surface area contributed by atoms with Crippen LogP contribution in [0.2, 0.25) is 0 Å². The van der Waals surface area contributed by atoms with Crippen LogP contribution in [0.25, 0.3) is 0 Å². The van der Waals surface area contributed by atoms with Crippen LogP contribution in [0.4, 0.5) is 0 Å². The third-order valence-corrected chi connectivity index (χ3v) is 3.50. The van der Waals surface area contributed by atoms with Crippen molar-refractivity contribution in [3.05, 3.63) is 11.1 Å². The topological polar surface area (TPSA) is 36.4 Å². The van der Waals surface area contributed by atoms with Crippen LogP contribution in [0.3, 0.4) is 0 Å². The lowest BCUT2D eigenvalue weighted by Gasteiger charge is -2.08. The van der Waals surface area contributed by atoms with Crippen LogP contribution in [0.1, 0.15) is 59.3 Å². The molecule has 0 atom stereocenters. The van der Waals surface area contributed by atoms with Gasteiger partial charge in [-0.05, 0) is 57.3 Å². The Morgan fingerprint density at radius 2 is 2.06 bits per heavy atom. The molecule has 0 aromatic rings. The molecule has 0 spiro atoms. The SMILES string of the molecule is CCCCCC1=C(C)CC/C1=N/NC(=S)NCC. The smallest absolute Gasteiger partial charge is 0.186 e. The number of thiocarbonyl (C=S) groups is 1. The normalized spacial score (nSPS) is 17.4. The predicted molar refractivity (Wildman–Crippen MR) is 82.9 cm³/mol. The molecule has 0 amide bonds. The van der Waals surface area contributed by atoms with Crippen molar-refractivity contribution in [2.24, 2.45) is 5.10 Å². The minimum atomic E-state index is 0.613. The third kappa shape index (κ3) is 4.77. The molecule has 4 heteroatoms. The standard InChI is InChI=1S/C14H25N3S/c1-4-6-7-8-12-11(3)9-10-13(12)16-17-14(18)15-5-2/h4-10H2,1-3H3,(H2,15,17,18)/b16-13-. The zero-order chi connectivity index (χ0) is 13.4. The Labute approximate surface area is 116 Å². The van der Waals surface area contributed by atoms with Gasteiger partial charge in [-0.15, -0.1) is 0 Å². The molecule has 0 saturated heterocycles. The maximum atomic E-state index is 5.12. The summed E-state index contributed by atoms with van der Waals surface area (Å²) in [6.45, 7) is 7.32. The number of nitrogens with one attached hydrogen (secondary N) is 2. The minimum absolute atomic E-state index is 0.613. The summed E-state index contributed by atoms with van der Waals surface area (Å²) in [5.74, 6) is 0. The first-order chi connectivity index (χ1) is 8.69. The zero-order valence-corrected chi connectivity index (χ0v) is 12.6. The lowest BCUT2D eigenvalue weighted by molar-refractivity contribution is 0.720. The molecule has 1 rings (SSSR count). The summed E-state index contributed by atoms with van der Waals surface area (Å²) in [6, 6.07) is 0. The molecule has 102 valence electrons. The van der Waals surface area contributed by atoms with E-state index in [9.17, 15) is 0 Å². The number of nitrogens with zero attached hydrogens (tertiary/aromatic N) is 1. The van der Waals surface area contributed by atoms with Crippen LogP contribution in [0, 0.1) is 0 Å². The van der Waals surface area contributed by atoms with Crippen LogP contribution in [0.5, 0.6) is 0 Å². The van der Waals surface area contributed by atoms with Crippen molar-refractivity contribution < 1.29 is 0 Å². The fourth-order valence-electron chi connectivity index (χ4n) is 2.21. The van der Waals surface area contributed by atoms with Gasteiger partial charge in [0.25, 0.3) is 0 Å². The quantitative estimate of drug-likeness (QED) is 0.439. The number of allylic oxidation sites excluding steroid dienone is 2. The van der Waals surface area contributed by atoms with Crippen LogP contribution in [-0.4, -0.2) is 17.4 Å². The van der Waals surface area contributed by atoms with Gasteiger partial charge in [0.05, 0.1) is 5.71 Å². The average molecular weight is 267 g/mol. The van der Waals surface area contributed by atoms with Gasteiger partial charge >= 0.3 is 0 Å². The fraction of sp³-hybridized carbons (Fsp3) is 0.714. The monoisotopic (exact) mass is 267 g/mol. The van der Waals surface area contributed by atoms with Gasteiger partial charge in [-0.1, -0.05) is 25.3 Å². The molecular formula is C14H25N3S. The summed E-state index contributed by atoms with van der Waals surface area (Å²) >= 11 is 5.12. The van der Waals surface area contributed by atoms with Crippen molar-refractivity contribution in [3.63, 3.8) is 0 Å². The molecule has 3 nitrogen and oxygen atoms in total. The fourth-order valence-corrected chi connectivity index (χ4v) is 2.40. The van der Waals surface area contributed by atoms with Crippen LogP contribution in [-0.2, 0) is 0 Å². The summed E-state index contributed by atoms with van der Waals surface area (Å²) in [7, 11) is 0. The minimum Gasteiger partial charge on any atom is -0.362 e. The van der Waals surface area contributed by atoms with E-state index >= 15 is 0 Å². The van der Waals surface area contributed by atoms with Gasteiger partial charge in [0.15, 0.2) is 5.11 Å². The molecule has 18 heavy (non-hydrogen) atoms. The number of hydrogen-bond acceptors (Lipinski definition) is 2. The highest BCUT2D eigenvalue weighted by atomic mass is 32.1. The Morgan fingerprint density at radius 3 is 2.72 bits per heavy atom. The van der Waals surface area contributed by atoms with E-state index in [0.29, 0.717) is 5.11 Å². The summed E-state index contributed by atoms with van der Waals surface area (Å²) in [5, 5.41) is 8.12. The molecule has 0 bridgehead atoms. The highest BCUT2D eigenvalue weighted by Crippen LogP contribution is 2.27. The molecule has 1 aliphatic rings. The molecule has 0 aromatic heterocycles. The molecule has 0 radical (unpaired) electrons. The second kappa shape index (κ2) is 8.25. The largest absolute Gasteiger partial charge is 0.362 e. The van der Waals surface area contributed by atoms with E-state index in [0.717, 1.165) is 25.8 Å². The van der Waals surface area contributed by atoms with Crippen molar-refractivity contribution in [1.29, 1.82) is 0 Å². The van der Waals surface area contributed by atoms with Crippen molar-refractivity contribution >= 4 is 23.0 Å². The molecule has 0 fully saturated rings. The maximum Gasteiger partial charge on any atom is 0.186 e. The molecule has 0 unspecified atom stereocenters. The first-order valence-corrected chi connectivity index (χ1v) is 7.39. The molecule has 1 aliphatic carbocycles. The van der Waals surface area contributed by atoms with Crippen LogP contribution in [0.15, 0.2) is 16.2 Å². The van der Waals surface area contributed by atoms with Crippen LogP contribution >= 0.6 is 12.2 Å². The Hall–Kier alpha value is -0.900. The van der Waals surface area contributed by atoms with Gasteiger partial charge in [-0.2, -0.15) is 5.10 Å². The molecule has 2 N–H and O–H groups in total. The third-order valence-electron chi connectivity index (χ3n) is 3.26. The molecule has 0 aromatic carbocycles. The Morgan fingerprint density at radius 1 is 1.28 bits per heavy atom. The average Bonchev–Trinajstić information content (AvgIpc) is 2.69. The van der Waals surface area contributed by atoms with Gasteiger partial charge in [0.1, 0.15) is 0 Å². The molecule has 0 heterocycles. The van der Waals surface area contributed by atoms with Crippen molar-refractivity contribution in [1.82, 2.24) is 10.7 Å². The predicted octanol–water partition coefficient (Wildman–Crippen LogP) is 3.52. The first-order valence-electron chi connectivity index (χ1n) is 6.98. The highest BCUT2D eigenvalue weighted by molar-refractivity contribution is 7.80. The van der Waals surface area contributed by atoms with E-state index in [4.69, 9.17) is 12.2 Å². The Kier molecular flexibility index (Phi) is 6.94. The summed E-state index contributed by atoms with van der Waals surface area (Å²) in [4.78, 5) is 0. The van der Waals surface area contributed by atoms with Crippen LogP contribution < -0.4 is 10.7 Å². The second-order valence-corrected chi connectivity index (χ2v) is 5.15. The summed E-state index contributed by atoms with van der Waals surface area (Å²) < 4.78 is 0. The van der Waals surface area contributed by atoms with Gasteiger partial charge in [-0.25, -0.2) is 0 Å². The van der Waals surface area contributed by atoms with E-state index in [1.165, 1.54) is 36.1 Å². The van der Waals surface area contributed by atoms with Crippen molar-refractivity contribution in [3.8, 4) is 0 Å². The summed E-state index contributed by atoms with van der Waals surface area (Å²) in [6.07, 6.45) is 7.19. The number of rotatable bonds is 6. The van der Waals surface area contributed by atoms with E-state index < -0.39 is 0 Å². The number of hydrazone groups is 1. The number of hydrogen-bond donors (Lipinski definition) is 2. The highest BCUT2D eigenvalue weighted by Gasteiger charge is 2.17.